The summed E-state index contributed by atoms with van der Waals surface area (Å²) in [4.78, 5) is 0. The Morgan fingerprint density at radius 2 is 2.22 bits per heavy atom. The average molecular weight is 318 g/mol. The fourth-order valence-electron chi connectivity index (χ4n) is 1.99. The molecule has 0 aromatic carbocycles. The summed E-state index contributed by atoms with van der Waals surface area (Å²) >= 11 is 3.58. The van der Waals surface area contributed by atoms with Gasteiger partial charge in [0.15, 0.2) is 0 Å². The molecule has 1 aromatic rings. The van der Waals surface area contributed by atoms with E-state index < -0.39 is 0 Å². The van der Waals surface area contributed by atoms with E-state index in [1.807, 2.05) is 17.9 Å². The van der Waals surface area contributed by atoms with Crippen molar-refractivity contribution >= 4 is 15.9 Å². The van der Waals surface area contributed by atoms with Gasteiger partial charge < -0.3 is 10.1 Å². The van der Waals surface area contributed by atoms with E-state index in [-0.39, 0.29) is 0 Å². The number of aryl methyl sites for hydroxylation is 1. The van der Waals surface area contributed by atoms with Crippen LogP contribution in [-0.2, 0) is 11.8 Å². The molecule has 0 saturated carbocycles. The minimum atomic E-state index is 0.294. The van der Waals surface area contributed by atoms with Crippen LogP contribution in [0.25, 0.3) is 0 Å². The van der Waals surface area contributed by atoms with E-state index in [0.29, 0.717) is 12.1 Å². The smallest absolute Gasteiger partial charge is 0.0692 e. The van der Waals surface area contributed by atoms with Gasteiger partial charge >= 0.3 is 0 Å². The lowest BCUT2D eigenvalue weighted by Crippen LogP contribution is -2.25. The van der Waals surface area contributed by atoms with Crippen LogP contribution in [0.5, 0.6) is 0 Å². The van der Waals surface area contributed by atoms with Gasteiger partial charge in [0.25, 0.3) is 0 Å². The van der Waals surface area contributed by atoms with Gasteiger partial charge in [0, 0.05) is 14.2 Å². The van der Waals surface area contributed by atoms with Crippen molar-refractivity contribution in [3.8, 4) is 0 Å². The maximum atomic E-state index is 5.32. The zero-order chi connectivity index (χ0) is 13.5. The lowest BCUT2D eigenvalue weighted by molar-refractivity contribution is 0.105. The molecule has 0 amide bonds. The Bertz CT molecular complexity index is 335. The van der Waals surface area contributed by atoms with E-state index in [9.17, 15) is 0 Å². The average Bonchev–Trinajstić information content (AvgIpc) is 2.69. The molecule has 0 fully saturated rings. The zero-order valence-corrected chi connectivity index (χ0v) is 13.3. The predicted molar refractivity (Wildman–Crippen MR) is 77.6 cm³/mol. The first-order valence-electron chi connectivity index (χ1n) is 6.53. The molecule has 0 spiro atoms. The quantitative estimate of drug-likeness (QED) is 0.801. The molecule has 0 radical (unpaired) electrons. The highest BCUT2D eigenvalue weighted by atomic mass is 79.9. The Kier molecular flexibility index (Phi) is 6.89. The Balaban J connectivity index is 2.71. The minimum Gasteiger partial charge on any atom is -0.382 e. The van der Waals surface area contributed by atoms with E-state index in [4.69, 9.17) is 4.74 Å². The van der Waals surface area contributed by atoms with Crippen LogP contribution in [0.4, 0.5) is 0 Å². The molecule has 18 heavy (non-hydrogen) atoms. The molecule has 1 aromatic heterocycles. The molecule has 0 bridgehead atoms. The van der Waals surface area contributed by atoms with Gasteiger partial charge in [0.2, 0.25) is 0 Å². The van der Waals surface area contributed by atoms with Gasteiger partial charge in [-0.3, -0.25) is 4.68 Å². The van der Waals surface area contributed by atoms with Gasteiger partial charge in [-0.25, -0.2) is 0 Å². The predicted octanol–water partition coefficient (Wildman–Crippen LogP) is 3.04. The molecule has 2 unspecified atom stereocenters. The molecular weight excluding hydrogens is 294 g/mol. The van der Waals surface area contributed by atoms with Crippen molar-refractivity contribution < 1.29 is 4.74 Å². The number of nitrogens with one attached hydrogen (secondary N) is 1. The number of aromatic nitrogens is 2. The Morgan fingerprint density at radius 3 is 2.72 bits per heavy atom. The summed E-state index contributed by atoms with van der Waals surface area (Å²) in [7, 11) is 3.75. The van der Waals surface area contributed by atoms with Crippen LogP contribution in [0.2, 0.25) is 0 Å². The standard InChI is InChI=1S/C13H24BrN3O/c1-5-8-15-12(7-6-10(2)18-4)13-11(14)9-16-17(13)3/h9-10,12,15H,5-8H2,1-4H3. The number of ether oxygens (including phenoxy) is 1. The molecule has 2 atom stereocenters. The molecule has 0 aliphatic carbocycles. The number of hydrogen-bond donors (Lipinski definition) is 1. The van der Waals surface area contributed by atoms with Crippen molar-refractivity contribution in [1.29, 1.82) is 0 Å². The van der Waals surface area contributed by atoms with Gasteiger partial charge in [-0.2, -0.15) is 5.10 Å². The first-order chi connectivity index (χ1) is 8.60. The second-order valence-corrected chi connectivity index (χ2v) is 5.49. The monoisotopic (exact) mass is 317 g/mol. The number of methoxy groups -OCH3 is 1. The van der Waals surface area contributed by atoms with Crippen LogP contribution < -0.4 is 5.32 Å². The number of nitrogens with zero attached hydrogens (tertiary/aromatic N) is 2. The van der Waals surface area contributed by atoms with E-state index >= 15 is 0 Å². The van der Waals surface area contributed by atoms with Crippen LogP contribution in [0.15, 0.2) is 10.7 Å². The van der Waals surface area contributed by atoms with Crippen LogP contribution in [0.1, 0.15) is 44.8 Å². The normalized spacial score (nSPS) is 14.7. The van der Waals surface area contributed by atoms with Crippen LogP contribution >= 0.6 is 15.9 Å². The topological polar surface area (TPSA) is 39.1 Å². The van der Waals surface area contributed by atoms with Crippen molar-refractivity contribution in [1.82, 2.24) is 15.1 Å². The molecule has 4 nitrogen and oxygen atoms in total. The van der Waals surface area contributed by atoms with E-state index in [2.05, 4.69) is 40.2 Å². The summed E-state index contributed by atoms with van der Waals surface area (Å²) in [5.74, 6) is 0. The number of hydrogen-bond acceptors (Lipinski definition) is 3. The third-order valence-corrected chi connectivity index (χ3v) is 3.78. The largest absolute Gasteiger partial charge is 0.382 e. The van der Waals surface area contributed by atoms with Gasteiger partial charge in [0.1, 0.15) is 0 Å². The SMILES string of the molecule is CCCNC(CCC(C)OC)c1c(Br)cnn1C. The first-order valence-corrected chi connectivity index (χ1v) is 7.33. The highest BCUT2D eigenvalue weighted by molar-refractivity contribution is 9.10. The maximum Gasteiger partial charge on any atom is 0.0692 e. The highest BCUT2D eigenvalue weighted by Crippen LogP contribution is 2.26. The van der Waals surface area contributed by atoms with Crippen LogP contribution in [0, 0.1) is 0 Å². The van der Waals surface area contributed by atoms with Crippen molar-refractivity contribution in [3.05, 3.63) is 16.4 Å². The lowest BCUT2D eigenvalue weighted by Gasteiger charge is -2.21. The fourth-order valence-corrected chi connectivity index (χ4v) is 2.61. The fraction of sp³-hybridized carbons (Fsp3) is 0.769. The summed E-state index contributed by atoms with van der Waals surface area (Å²) in [6.07, 6.45) is 5.37. The maximum absolute atomic E-state index is 5.32. The van der Waals surface area contributed by atoms with Gasteiger partial charge in [-0.05, 0) is 48.7 Å². The Labute approximate surface area is 118 Å². The van der Waals surface area contributed by atoms with Crippen LogP contribution in [-0.4, -0.2) is 29.5 Å². The molecule has 0 aliphatic rings. The Hall–Kier alpha value is -0.390. The molecular formula is C13H24BrN3O. The number of rotatable bonds is 8. The van der Waals surface area contributed by atoms with Gasteiger partial charge in [-0.1, -0.05) is 6.92 Å². The molecule has 1 rings (SSSR count). The molecule has 5 heteroatoms. The van der Waals surface area contributed by atoms with Crippen LogP contribution in [0.3, 0.4) is 0 Å². The first kappa shape index (κ1) is 15.7. The molecule has 104 valence electrons. The summed E-state index contributed by atoms with van der Waals surface area (Å²) in [5.41, 5.74) is 1.21. The Morgan fingerprint density at radius 1 is 1.50 bits per heavy atom. The second-order valence-electron chi connectivity index (χ2n) is 4.63. The molecule has 1 heterocycles. The summed E-state index contributed by atoms with van der Waals surface area (Å²) < 4.78 is 8.33. The summed E-state index contributed by atoms with van der Waals surface area (Å²) in [6.45, 7) is 5.30. The van der Waals surface area contributed by atoms with Gasteiger partial charge in [-0.15, -0.1) is 0 Å². The van der Waals surface area contributed by atoms with E-state index in [1.165, 1.54) is 5.69 Å². The van der Waals surface area contributed by atoms with E-state index in [0.717, 1.165) is 30.3 Å². The van der Waals surface area contributed by atoms with Crippen molar-refractivity contribution in [3.63, 3.8) is 0 Å². The van der Waals surface area contributed by atoms with Crippen molar-refractivity contribution in [2.45, 2.75) is 45.3 Å². The van der Waals surface area contributed by atoms with E-state index in [1.54, 1.807) is 7.11 Å². The summed E-state index contributed by atoms with van der Waals surface area (Å²) in [6, 6.07) is 0.324. The van der Waals surface area contributed by atoms with Crippen molar-refractivity contribution in [2.24, 2.45) is 7.05 Å². The zero-order valence-electron chi connectivity index (χ0n) is 11.7. The molecule has 0 saturated heterocycles. The lowest BCUT2D eigenvalue weighted by atomic mass is 10.1. The molecule has 1 N–H and O–H groups in total. The summed E-state index contributed by atoms with van der Waals surface area (Å²) in [5, 5.41) is 7.88. The van der Waals surface area contributed by atoms with Crippen molar-refractivity contribution in [2.75, 3.05) is 13.7 Å². The highest BCUT2D eigenvalue weighted by Gasteiger charge is 2.18. The minimum absolute atomic E-state index is 0.294. The third-order valence-electron chi connectivity index (χ3n) is 3.17. The second kappa shape index (κ2) is 7.92. The third kappa shape index (κ3) is 4.37. The van der Waals surface area contributed by atoms with Gasteiger partial charge in [0.05, 0.1) is 28.5 Å². The number of halogens is 1. The molecule has 0 aliphatic heterocycles.